The van der Waals surface area contributed by atoms with Gasteiger partial charge in [-0.15, -0.1) is 24.0 Å². The van der Waals surface area contributed by atoms with Gasteiger partial charge in [0.25, 0.3) is 0 Å². The maximum absolute atomic E-state index is 5.47. The molecule has 8 heteroatoms. The lowest BCUT2D eigenvalue weighted by atomic mass is 10.1. The Labute approximate surface area is 205 Å². The van der Waals surface area contributed by atoms with E-state index in [4.69, 9.17) is 14.5 Å². The molecule has 0 radical (unpaired) electrons. The molecule has 2 unspecified atom stereocenters. The van der Waals surface area contributed by atoms with E-state index < -0.39 is 0 Å². The minimum atomic E-state index is 0. The third-order valence-corrected chi connectivity index (χ3v) is 6.05. The molecule has 31 heavy (non-hydrogen) atoms. The summed E-state index contributed by atoms with van der Waals surface area (Å²) >= 11 is 0. The average molecular weight is 546 g/mol. The molecule has 0 saturated carbocycles. The van der Waals surface area contributed by atoms with Crippen LogP contribution in [0.5, 0.6) is 5.75 Å². The molecule has 2 heterocycles. The van der Waals surface area contributed by atoms with Gasteiger partial charge in [0.2, 0.25) is 0 Å². The van der Waals surface area contributed by atoms with Gasteiger partial charge < -0.3 is 20.1 Å². The Balaban J connectivity index is 0.00000341. The SMILES string of the molecule is CCNC(=NCC(C)N1CCOCC1)NCC(c1cccc(OC)c1)N1CCCC1.I. The minimum Gasteiger partial charge on any atom is -0.497 e. The lowest BCUT2D eigenvalue weighted by Gasteiger charge is -2.31. The van der Waals surface area contributed by atoms with E-state index in [-0.39, 0.29) is 24.0 Å². The van der Waals surface area contributed by atoms with Crippen LogP contribution in [0.1, 0.15) is 38.3 Å². The lowest BCUT2D eigenvalue weighted by Crippen LogP contribution is -2.45. The van der Waals surface area contributed by atoms with Gasteiger partial charge in [-0.05, 0) is 57.5 Å². The molecule has 2 aliphatic heterocycles. The molecular weight excluding hydrogens is 505 g/mol. The van der Waals surface area contributed by atoms with Gasteiger partial charge in [-0.3, -0.25) is 14.8 Å². The zero-order chi connectivity index (χ0) is 21.2. The largest absolute Gasteiger partial charge is 0.497 e. The summed E-state index contributed by atoms with van der Waals surface area (Å²) in [5.74, 6) is 1.81. The maximum atomic E-state index is 5.47. The van der Waals surface area contributed by atoms with Gasteiger partial charge in [0, 0.05) is 32.2 Å². The van der Waals surface area contributed by atoms with E-state index >= 15 is 0 Å². The molecule has 2 N–H and O–H groups in total. The fourth-order valence-corrected chi connectivity index (χ4v) is 4.25. The van der Waals surface area contributed by atoms with E-state index in [0.29, 0.717) is 12.1 Å². The first-order valence-corrected chi connectivity index (χ1v) is 11.4. The van der Waals surface area contributed by atoms with E-state index in [1.54, 1.807) is 7.11 Å². The number of benzene rings is 1. The number of methoxy groups -OCH3 is 1. The Morgan fingerprint density at radius 2 is 1.87 bits per heavy atom. The highest BCUT2D eigenvalue weighted by Gasteiger charge is 2.24. The van der Waals surface area contributed by atoms with Crippen molar-refractivity contribution < 1.29 is 9.47 Å². The van der Waals surface area contributed by atoms with Crippen LogP contribution in [0.3, 0.4) is 0 Å². The highest BCUT2D eigenvalue weighted by molar-refractivity contribution is 14.0. The van der Waals surface area contributed by atoms with E-state index in [1.165, 1.54) is 18.4 Å². The number of morpholine rings is 1. The highest BCUT2D eigenvalue weighted by atomic mass is 127. The molecular formula is C23H40IN5O2. The van der Waals surface area contributed by atoms with Gasteiger partial charge in [0.15, 0.2) is 5.96 Å². The van der Waals surface area contributed by atoms with Crippen LogP contribution in [0.4, 0.5) is 0 Å². The molecule has 7 nitrogen and oxygen atoms in total. The molecule has 3 rings (SSSR count). The Bertz CT molecular complexity index is 663. The number of aliphatic imine (C=N–C) groups is 1. The molecule has 1 aromatic rings. The number of rotatable bonds is 9. The van der Waals surface area contributed by atoms with Crippen LogP contribution in [0.2, 0.25) is 0 Å². The van der Waals surface area contributed by atoms with E-state index in [1.807, 2.05) is 6.07 Å². The monoisotopic (exact) mass is 545 g/mol. The van der Waals surface area contributed by atoms with Crippen LogP contribution >= 0.6 is 24.0 Å². The van der Waals surface area contributed by atoms with E-state index in [0.717, 1.165) is 70.7 Å². The van der Waals surface area contributed by atoms with Crippen molar-refractivity contribution in [1.29, 1.82) is 0 Å². The Hall–Kier alpha value is -1.10. The summed E-state index contributed by atoms with van der Waals surface area (Å²) in [6.45, 7) is 12.7. The van der Waals surface area contributed by atoms with Crippen LogP contribution in [0.15, 0.2) is 29.3 Å². The fraction of sp³-hybridized carbons (Fsp3) is 0.696. The minimum absolute atomic E-state index is 0. The first-order chi connectivity index (χ1) is 14.7. The summed E-state index contributed by atoms with van der Waals surface area (Å²) in [4.78, 5) is 9.91. The van der Waals surface area contributed by atoms with Crippen LogP contribution in [0, 0.1) is 0 Å². The predicted octanol–water partition coefficient (Wildman–Crippen LogP) is 2.73. The molecule has 2 atom stereocenters. The lowest BCUT2D eigenvalue weighted by molar-refractivity contribution is 0.0220. The quantitative estimate of drug-likeness (QED) is 0.283. The fourth-order valence-electron chi connectivity index (χ4n) is 4.25. The molecule has 0 spiro atoms. The van der Waals surface area contributed by atoms with E-state index in [9.17, 15) is 0 Å². The number of ether oxygens (including phenoxy) is 2. The van der Waals surface area contributed by atoms with Crippen molar-refractivity contribution in [2.45, 2.75) is 38.8 Å². The Kier molecular flexibility index (Phi) is 11.9. The number of hydrogen-bond acceptors (Lipinski definition) is 5. The zero-order valence-electron chi connectivity index (χ0n) is 19.3. The molecule has 0 amide bonds. The number of halogens is 1. The average Bonchev–Trinajstić information content (AvgIpc) is 3.32. The van der Waals surface area contributed by atoms with Crippen molar-refractivity contribution in [2.75, 3.05) is 66.1 Å². The molecule has 1 aromatic carbocycles. The normalized spacial score (nSPS) is 20.0. The number of nitrogens with one attached hydrogen (secondary N) is 2. The van der Waals surface area contributed by atoms with Crippen molar-refractivity contribution in [3.63, 3.8) is 0 Å². The molecule has 2 saturated heterocycles. The van der Waals surface area contributed by atoms with Gasteiger partial charge in [-0.25, -0.2) is 0 Å². The second-order valence-electron chi connectivity index (χ2n) is 8.13. The second kappa shape index (κ2) is 14.1. The van der Waals surface area contributed by atoms with Crippen molar-refractivity contribution in [3.8, 4) is 5.75 Å². The summed E-state index contributed by atoms with van der Waals surface area (Å²) in [6, 6.07) is 9.18. The Morgan fingerprint density at radius 3 is 2.55 bits per heavy atom. The molecule has 0 bridgehead atoms. The molecule has 2 aliphatic rings. The molecule has 0 aliphatic carbocycles. The topological polar surface area (TPSA) is 61.4 Å². The highest BCUT2D eigenvalue weighted by Crippen LogP contribution is 2.27. The van der Waals surface area contributed by atoms with Crippen LogP contribution < -0.4 is 15.4 Å². The second-order valence-corrected chi connectivity index (χ2v) is 8.13. The van der Waals surface area contributed by atoms with Gasteiger partial charge in [0.05, 0.1) is 32.9 Å². The van der Waals surface area contributed by atoms with Crippen molar-refractivity contribution in [1.82, 2.24) is 20.4 Å². The summed E-state index contributed by atoms with van der Waals surface area (Å²) in [5, 5.41) is 7.02. The maximum Gasteiger partial charge on any atom is 0.191 e. The summed E-state index contributed by atoms with van der Waals surface area (Å²) < 4.78 is 10.9. The van der Waals surface area contributed by atoms with Crippen molar-refractivity contribution >= 4 is 29.9 Å². The zero-order valence-corrected chi connectivity index (χ0v) is 21.6. The third-order valence-electron chi connectivity index (χ3n) is 6.05. The number of guanidine groups is 1. The smallest absolute Gasteiger partial charge is 0.191 e. The summed E-state index contributed by atoms with van der Waals surface area (Å²) in [5.41, 5.74) is 1.29. The summed E-state index contributed by atoms with van der Waals surface area (Å²) in [7, 11) is 1.73. The van der Waals surface area contributed by atoms with E-state index in [2.05, 4.69) is 52.5 Å². The number of likely N-dealkylation sites (tertiary alicyclic amines) is 1. The van der Waals surface area contributed by atoms with Gasteiger partial charge in [-0.1, -0.05) is 12.1 Å². The Morgan fingerprint density at radius 1 is 1.13 bits per heavy atom. The first-order valence-electron chi connectivity index (χ1n) is 11.4. The number of nitrogens with zero attached hydrogens (tertiary/aromatic N) is 3. The third kappa shape index (κ3) is 8.07. The van der Waals surface area contributed by atoms with Gasteiger partial charge in [-0.2, -0.15) is 0 Å². The van der Waals surface area contributed by atoms with Crippen LogP contribution in [-0.4, -0.2) is 87.9 Å². The standard InChI is InChI=1S/C23H39N5O2.HI/c1-4-24-23(25-17-19(2)27-12-14-30-15-13-27)26-18-22(28-10-5-6-11-28)20-8-7-9-21(16-20)29-3;/h7-9,16,19,22H,4-6,10-15,17-18H2,1-3H3,(H2,24,25,26);1H. The molecule has 0 aromatic heterocycles. The van der Waals surface area contributed by atoms with Crippen LogP contribution in [0.25, 0.3) is 0 Å². The van der Waals surface area contributed by atoms with Crippen molar-refractivity contribution in [3.05, 3.63) is 29.8 Å². The predicted molar refractivity (Wildman–Crippen MR) is 138 cm³/mol. The number of hydrogen-bond donors (Lipinski definition) is 2. The van der Waals surface area contributed by atoms with Gasteiger partial charge in [0.1, 0.15) is 5.75 Å². The van der Waals surface area contributed by atoms with Crippen LogP contribution in [-0.2, 0) is 4.74 Å². The molecule has 176 valence electrons. The van der Waals surface area contributed by atoms with Crippen molar-refractivity contribution in [2.24, 2.45) is 4.99 Å². The summed E-state index contributed by atoms with van der Waals surface area (Å²) in [6.07, 6.45) is 2.54. The first kappa shape index (κ1) is 26.2. The van der Waals surface area contributed by atoms with Gasteiger partial charge >= 0.3 is 0 Å². The molecule has 2 fully saturated rings.